The molecule has 0 saturated carbocycles. The second-order valence-electron chi connectivity index (χ2n) is 2.90. The Kier molecular flexibility index (Phi) is 42.3. The fraction of sp³-hybridized carbons (Fsp3) is 0.188. The van der Waals surface area contributed by atoms with E-state index in [9.17, 15) is 0 Å². The Labute approximate surface area is 142 Å². The largest absolute Gasteiger partial charge is 0.392 e. The van der Waals surface area contributed by atoms with Crippen molar-refractivity contribution in [3.05, 3.63) is 80.8 Å². The molecule has 0 bridgehead atoms. The van der Waals surface area contributed by atoms with Crippen molar-refractivity contribution in [3.8, 4) is 0 Å². The van der Waals surface area contributed by atoms with Gasteiger partial charge >= 0.3 is 0 Å². The van der Waals surface area contributed by atoms with Crippen molar-refractivity contribution in [1.29, 1.82) is 0 Å². The molecule has 0 aliphatic rings. The fourth-order valence-corrected chi connectivity index (χ4v) is 0.478. The predicted octanol–water partition coefficient (Wildman–Crippen LogP) is 2.36. The Morgan fingerprint density at radius 3 is 1.15 bits per heavy atom. The third-order valence-corrected chi connectivity index (χ3v) is 1.23. The van der Waals surface area contributed by atoms with Crippen LogP contribution in [0.4, 0.5) is 0 Å². The van der Waals surface area contributed by atoms with Gasteiger partial charge in [0.15, 0.2) is 0 Å². The molecular formula is C16H25O3Zr-. The first kappa shape index (κ1) is 27.4. The fourth-order valence-electron chi connectivity index (χ4n) is 0.478. The van der Waals surface area contributed by atoms with E-state index in [1.807, 2.05) is 30.3 Å². The smallest absolute Gasteiger partial charge is 0.0609 e. The van der Waals surface area contributed by atoms with Gasteiger partial charge in [0, 0.05) is 26.2 Å². The molecule has 0 unspecified atom stereocenters. The minimum atomic E-state index is 0. The number of hydrogen-bond donors (Lipinski definition) is 3. The first-order valence-electron chi connectivity index (χ1n) is 5.66. The van der Waals surface area contributed by atoms with E-state index in [2.05, 4.69) is 26.7 Å². The van der Waals surface area contributed by atoms with E-state index in [1.165, 1.54) is 18.2 Å². The van der Waals surface area contributed by atoms with Gasteiger partial charge in [0.05, 0.1) is 19.8 Å². The van der Waals surface area contributed by atoms with Crippen LogP contribution >= 0.6 is 0 Å². The van der Waals surface area contributed by atoms with Gasteiger partial charge in [0.2, 0.25) is 0 Å². The van der Waals surface area contributed by atoms with Gasteiger partial charge < -0.3 is 15.3 Å². The number of benzene rings is 1. The van der Waals surface area contributed by atoms with E-state index in [0.717, 1.165) is 5.56 Å². The molecule has 0 fully saturated rings. The minimum Gasteiger partial charge on any atom is -0.392 e. The zero-order valence-electron chi connectivity index (χ0n) is 11.9. The molecular weight excluding hydrogens is 331 g/mol. The molecule has 1 aromatic rings. The molecule has 0 radical (unpaired) electrons. The first-order valence-corrected chi connectivity index (χ1v) is 5.66. The molecule has 0 saturated heterocycles. The minimum absolute atomic E-state index is 0. The Balaban J connectivity index is -0.0000000881. The number of hydrogen-bond acceptors (Lipinski definition) is 3. The van der Waals surface area contributed by atoms with E-state index in [4.69, 9.17) is 15.3 Å². The molecule has 3 nitrogen and oxygen atoms in total. The van der Waals surface area contributed by atoms with Crippen molar-refractivity contribution in [3.63, 3.8) is 0 Å². The number of rotatable bonds is 3. The monoisotopic (exact) mass is 355 g/mol. The molecule has 20 heavy (non-hydrogen) atoms. The summed E-state index contributed by atoms with van der Waals surface area (Å²) >= 11 is 0. The SMILES string of the molecule is C=CCO.C=CCO.C=CCO.[CH2-]c1ccccc1.[Zr]. The van der Waals surface area contributed by atoms with Crippen LogP contribution in [0.1, 0.15) is 5.56 Å². The van der Waals surface area contributed by atoms with Crippen LogP contribution in [0.5, 0.6) is 0 Å². The first-order chi connectivity index (χ1) is 9.14. The molecule has 3 N–H and O–H groups in total. The second-order valence-corrected chi connectivity index (χ2v) is 2.90. The summed E-state index contributed by atoms with van der Waals surface area (Å²) in [7, 11) is 0. The topological polar surface area (TPSA) is 60.7 Å². The van der Waals surface area contributed by atoms with Crippen molar-refractivity contribution < 1.29 is 41.5 Å². The van der Waals surface area contributed by atoms with Crippen LogP contribution in [-0.4, -0.2) is 35.1 Å². The number of aliphatic hydroxyl groups excluding tert-OH is 3. The van der Waals surface area contributed by atoms with E-state index < -0.39 is 0 Å². The Morgan fingerprint density at radius 1 is 0.800 bits per heavy atom. The molecule has 112 valence electrons. The van der Waals surface area contributed by atoms with Crippen LogP contribution in [0, 0.1) is 6.92 Å². The molecule has 0 aliphatic carbocycles. The molecule has 0 amide bonds. The second kappa shape index (κ2) is 30.8. The van der Waals surface area contributed by atoms with Crippen LogP contribution in [0.15, 0.2) is 68.3 Å². The van der Waals surface area contributed by atoms with E-state index >= 15 is 0 Å². The van der Waals surface area contributed by atoms with Crippen molar-refractivity contribution in [1.82, 2.24) is 0 Å². The van der Waals surface area contributed by atoms with Crippen molar-refractivity contribution in [2.75, 3.05) is 19.8 Å². The molecule has 0 heterocycles. The molecule has 0 spiro atoms. The van der Waals surface area contributed by atoms with Gasteiger partial charge in [0.25, 0.3) is 0 Å². The third-order valence-electron chi connectivity index (χ3n) is 1.23. The summed E-state index contributed by atoms with van der Waals surface area (Å²) in [5.41, 5.74) is 1.07. The summed E-state index contributed by atoms with van der Waals surface area (Å²) in [6.07, 6.45) is 4.29. The molecule has 1 aromatic carbocycles. The van der Waals surface area contributed by atoms with Crippen LogP contribution in [0.25, 0.3) is 0 Å². The maximum absolute atomic E-state index is 7.76. The van der Waals surface area contributed by atoms with E-state index in [-0.39, 0.29) is 46.0 Å². The Morgan fingerprint density at radius 2 is 1.05 bits per heavy atom. The number of aliphatic hydroxyl groups is 3. The molecule has 0 aliphatic heterocycles. The predicted molar refractivity (Wildman–Crippen MR) is 82.7 cm³/mol. The van der Waals surface area contributed by atoms with Gasteiger partial charge in [-0.1, -0.05) is 24.3 Å². The Hall–Kier alpha value is -0.927. The third kappa shape index (κ3) is 43.5. The van der Waals surface area contributed by atoms with Crippen LogP contribution < -0.4 is 0 Å². The molecule has 0 aromatic heterocycles. The van der Waals surface area contributed by atoms with Crippen LogP contribution in [0.3, 0.4) is 0 Å². The molecule has 4 heteroatoms. The normalized spacial score (nSPS) is 6.75. The summed E-state index contributed by atoms with van der Waals surface area (Å²) in [4.78, 5) is 0. The standard InChI is InChI=1S/C7H7.3C3H6O.Zr/c1-7-5-3-2-4-6-7;3*1-2-3-4;/h2-6H,1H2;3*2,4H,1,3H2;/q-1;;;;. The van der Waals surface area contributed by atoms with Gasteiger partial charge in [-0.3, -0.25) is 0 Å². The van der Waals surface area contributed by atoms with Gasteiger partial charge in [-0.25, -0.2) is 0 Å². The van der Waals surface area contributed by atoms with Crippen LogP contribution in [-0.2, 0) is 26.2 Å². The van der Waals surface area contributed by atoms with Gasteiger partial charge in [-0.15, -0.1) is 31.9 Å². The van der Waals surface area contributed by atoms with Gasteiger partial charge in [-0.05, 0) is 0 Å². The zero-order chi connectivity index (χ0) is 15.4. The van der Waals surface area contributed by atoms with Crippen molar-refractivity contribution in [2.24, 2.45) is 0 Å². The van der Waals surface area contributed by atoms with Crippen LogP contribution in [0.2, 0.25) is 0 Å². The van der Waals surface area contributed by atoms with E-state index in [1.54, 1.807) is 0 Å². The summed E-state index contributed by atoms with van der Waals surface area (Å²) in [5, 5.41) is 23.3. The Bertz CT molecular complexity index is 268. The average Bonchev–Trinajstić information content (AvgIpc) is 2.48. The molecule has 1 rings (SSSR count). The summed E-state index contributed by atoms with van der Waals surface area (Å²) < 4.78 is 0. The van der Waals surface area contributed by atoms with Crippen molar-refractivity contribution in [2.45, 2.75) is 0 Å². The van der Waals surface area contributed by atoms with Crippen molar-refractivity contribution >= 4 is 0 Å². The summed E-state index contributed by atoms with van der Waals surface area (Å²) in [6.45, 7) is 13.7. The summed E-state index contributed by atoms with van der Waals surface area (Å²) in [5.74, 6) is 0. The van der Waals surface area contributed by atoms with Gasteiger partial charge in [-0.2, -0.15) is 24.6 Å². The maximum Gasteiger partial charge on any atom is 0.0609 e. The zero-order valence-corrected chi connectivity index (χ0v) is 14.4. The summed E-state index contributed by atoms with van der Waals surface area (Å²) in [6, 6.07) is 9.87. The van der Waals surface area contributed by atoms with E-state index in [0.29, 0.717) is 0 Å². The maximum atomic E-state index is 7.76. The van der Waals surface area contributed by atoms with Gasteiger partial charge in [0.1, 0.15) is 0 Å². The molecule has 0 atom stereocenters. The average molecular weight is 357 g/mol. The quantitative estimate of drug-likeness (QED) is 0.575.